The van der Waals surface area contributed by atoms with Gasteiger partial charge in [0, 0.05) is 11.3 Å². The fourth-order valence-corrected chi connectivity index (χ4v) is 2.72. The van der Waals surface area contributed by atoms with Gasteiger partial charge in [0.15, 0.2) is 0 Å². The molecule has 0 radical (unpaired) electrons. The SMILES string of the molecule is Cc1cc(C)c(NC(=O)c2cccc(Oc3ccccc3)c2)c(C)n1. The molecule has 4 nitrogen and oxygen atoms in total. The van der Waals surface area contributed by atoms with Gasteiger partial charge in [-0.3, -0.25) is 9.78 Å². The van der Waals surface area contributed by atoms with Crippen LogP contribution < -0.4 is 10.1 Å². The van der Waals surface area contributed by atoms with E-state index in [1.165, 1.54) is 0 Å². The number of carbonyl (C=O) groups excluding carboxylic acids is 1. The van der Waals surface area contributed by atoms with Gasteiger partial charge in [-0.2, -0.15) is 0 Å². The number of nitrogens with zero attached hydrogens (tertiary/aromatic N) is 1. The molecular formula is C21H20N2O2. The van der Waals surface area contributed by atoms with E-state index in [1.54, 1.807) is 18.2 Å². The van der Waals surface area contributed by atoms with Crippen molar-refractivity contribution in [3.05, 3.63) is 83.2 Å². The lowest BCUT2D eigenvalue weighted by Crippen LogP contribution is -2.14. The van der Waals surface area contributed by atoms with E-state index in [0.717, 1.165) is 28.4 Å². The first kappa shape index (κ1) is 16.7. The third-order valence-corrected chi connectivity index (χ3v) is 3.84. The second kappa shape index (κ2) is 7.18. The number of anilines is 1. The molecular weight excluding hydrogens is 312 g/mol. The molecule has 1 amide bonds. The zero-order chi connectivity index (χ0) is 17.8. The van der Waals surface area contributed by atoms with Crippen molar-refractivity contribution < 1.29 is 9.53 Å². The molecule has 2 aromatic carbocycles. The summed E-state index contributed by atoms with van der Waals surface area (Å²) in [6.07, 6.45) is 0. The molecule has 25 heavy (non-hydrogen) atoms. The van der Waals surface area contributed by atoms with Crippen LogP contribution in [0.2, 0.25) is 0 Å². The number of aromatic nitrogens is 1. The molecule has 0 saturated heterocycles. The predicted octanol–water partition coefficient (Wildman–Crippen LogP) is 5.05. The second-order valence-electron chi connectivity index (χ2n) is 5.94. The highest BCUT2D eigenvalue weighted by molar-refractivity contribution is 6.05. The normalized spacial score (nSPS) is 10.4. The van der Waals surface area contributed by atoms with Crippen molar-refractivity contribution in [1.82, 2.24) is 4.98 Å². The van der Waals surface area contributed by atoms with E-state index >= 15 is 0 Å². The van der Waals surface area contributed by atoms with Crippen LogP contribution in [0.3, 0.4) is 0 Å². The Morgan fingerprint density at radius 3 is 2.36 bits per heavy atom. The topological polar surface area (TPSA) is 51.2 Å². The van der Waals surface area contributed by atoms with E-state index in [4.69, 9.17) is 4.74 Å². The van der Waals surface area contributed by atoms with Gasteiger partial charge >= 0.3 is 0 Å². The predicted molar refractivity (Wildman–Crippen MR) is 99.4 cm³/mol. The number of rotatable bonds is 4. The monoisotopic (exact) mass is 332 g/mol. The molecule has 0 saturated carbocycles. The Hall–Kier alpha value is -3.14. The highest BCUT2D eigenvalue weighted by atomic mass is 16.5. The van der Waals surface area contributed by atoms with Crippen molar-refractivity contribution >= 4 is 11.6 Å². The molecule has 0 spiro atoms. The third kappa shape index (κ3) is 4.04. The maximum atomic E-state index is 12.6. The Morgan fingerprint density at radius 1 is 0.920 bits per heavy atom. The molecule has 1 N–H and O–H groups in total. The first-order chi connectivity index (χ1) is 12.0. The van der Waals surface area contributed by atoms with Crippen LogP contribution in [0.1, 0.15) is 27.3 Å². The molecule has 0 fully saturated rings. The molecule has 3 aromatic rings. The summed E-state index contributed by atoms with van der Waals surface area (Å²) in [4.78, 5) is 17.0. The summed E-state index contributed by atoms with van der Waals surface area (Å²) in [5, 5.41) is 2.96. The van der Waals surface area contributed by atoms with Gasteiger partial charge in [0.25, 0.3) is 5.91 Å². The lowest BCUT2D eigenvalue weighted by atomic mass is 10.1. The van der Waals surface area contributed by atoms with Crippen LogP contribution >= 0.6 is 0 Å². The highest BCUT2D eigenvalue weighted by Crippen LogP contribution is 2.24. The van der Waals surface area contributed by atoms with Gasteiger partial charge in [-0.15, -0.1) is 0 Å². The number of benzene rings is 2. The zero-order valence-electron chi connectivity index (χ0n) is 14.5. The minimum Gasteiger partial charge on any atom is -0.457 e. The maximum Gasteiger partial charge on any atom is 0.255 e. The van der Waals surface area contributed by atoms with E-state index in [9.17, 15) is 4.79 Å². The minimum atomic E-state index is -0.185. The number of hydrogen-bond acceptors (Lipinski definition) is 3. The molecule has 0 atom stereocenters. The number of ether oxygens (including phenoxy) is 1. The lowest BCUT2D eigenvalue weighted by molar-refractivity contribution is 0.102. The number of aryl methyl sites for hydroxylation is 3. The quantitative estimate of drug-likeness (QED) is 0.727. The summed E-state index contributed by atoms with van der Waals surface area (Å²) in [6, 6.07) is 18.6. The molecule has 1 aromatic heterocycles. The summed E-state index contributed by atoms with van der Waals surface area (Å²) in [5.74, 6) is 1.17. The summed E-state index contributed by atoms with van der Waals surface area (Å²) in [6.45, 7) is 5.80. The minimum absolute atomic E-state index is 0.185. The Labute approximate surface area is 147 Å². The van der Waals surface area contributed by atoms with Crippen molar-refractivity contribution in [3.63, 3.8) is 0 Å². The molecule has 1 heterocycles. The maximum absolute atomic E-state index is 12.6. The van der Waals surface area contributed by atoms with Crippen LogP contribution in [0.25, 0.3) is 0 Å². The van der Waals surface area contributed by atoms with Gasteiger partial charge in [-0.1, -0.05) is 24.3 Å². The first-order valence-electron chi connectivity index (χ1n) is 8.12. The van der Waals surface area contributed by atoms with Crippen LogP contribution in [0.5, 0.6) is 11.5 Å². The van der Waals surface area contributed by atoms with Crippen LogP contribution in [-0.2, 0) is 0 Å². The Morgan fingerprint density at radius 2 is 1.64 bits per heavy atom. The number of amides is 1. The van der Waals surface area contributed by atoms with Gasteiger partial charge < -0.3 is 10.1 Å². The van der Waals surface area contributed by atoms with Crippen LogP contribution in [-0.4, -0.2) is 10.9 Å². The summed E-state index contributed by atoms with van der Waals surface area (Å²) < 4.78 is 5.79. The van der Waals surface area contributed by atoms with Gasteiger partial charge in [-0.25, -0.2) is 0 Å². The number of nitrogens with one attached hydrogen (secondary N) is 1. The van der Waals surface area contributed by atoms with Crippen LogP contribution in [0, 0.1) is 20.8 Å². The van der Waals surface area contributed by atoms with Crippen molar-refractivity contribution in [2.24, 2.45) is 0 Å². The number of pyridine rings is 1. The van der Waals surface area contributed by atoms with E-state index < -0.39 is 0 Å². The van der Waals surface area contributed by atoms with E-state index in [2.05, 4.69) is 10.3 Å². The Bertz CT molecular complexity index is 882. The van der Waals surface area contributed by atoms with Crippen molar-refractivity contribution in [2.75, 3.05) is 5.32 Å². The van der Waals surface area contributed by atoms with Gasteiger partial charge in [0.2, 0.25) is 0 Å². The van der Waals surface area contributed by atoms with E-state index in [0.29, 0.717) is 11.3 Å². The zero-order valence-corrected chi connectivity index (χ0v) is 14.5. The standard InChI is InChI=1S/C21H20N2O2/c1-14-12-15(2)22-16(3)20(14)23-21(24)17-8-7-11-19(13-17)25-18-9-5-4-6-10-18/h4-13H,1-3H3,(H,23,24). The number of hydrogen-bond donors (Lipinski definition) is 1. The molecule has 0 aliphatic carbocycles. The number of carbonyl (C=O) groups is 1. The Kier molecular flexibility index (Phi) is 4.80. The fourth-order valence-electron chi connectivity index (χ4n) is 2.72. The Balaban J connectivity index is 1.80. The average Bonchev–Trinajstić information content (AvgIpc) is 2.59. The number of para-hydroxylation sites is 1. The molecule has 0 aliphatic heterocycles. The molecule has 0 aliphatic rings. The van der Waals surface area contributed by atoms with Crippen molar-refractivity contribution in [2.45, 2.75) is 20.8 Å². The summed E-state index contributed by atoms with van der Waals surface area (Å²) in [7, 11) is 0. The summed E-state index contributed by atoms with van der Waals surface area (Å²) >= 11 is 0. The van der Waals surface area contributed by atoms with E-state index in [1.807, 2.05) is 63.2 Å². The van der Waals surface area contributed by atoms with Gasteiger partial charge in [0.05, 0.1) is 11.4 Å². The lowest BCUT2D eigenvalue weighted by Gasteiger charge is -2.12. The van der Waals surface area contributed by atoms with Gasteiger partial charge in [-0.05, 0) is 62.7 Å². The molecule has 3 rings (SSSR count). The average molecular weight is 332 g/mol. The third-order valence-electron chi connectivity index (χ3n) is 3.84. The fraction of sp³-hybridized carbons (Fsp3) is 0.143. The highest BCUT2D eigenvalue weighted by Gasteiger charge is 2.12. The van der Waals surface area contributed by atoms with Crippen LogP contribution in [0.4, 0.5) is 5.69 Å². The smallest absolute Gasteiger partial charge is 0.255 e. The largest absolute Gasteiger partial charge is 0.457 e. The molecule has 4 heteroatoms. The van der Waals surface area contributed by atoms with Crippen molar-refractivity contribution in [1.29, 1.82) is 0 Å². The van der Waals surface area contributed by atoms with Crippen molar-refractivity contribution in [3.8, 4) is 11.5 Å². The molecule has 0 unspecified atom stereocenters. The van der Waals surface area contributed by atoms with E-state index in [-0.39, 0.29) is 5.91 Å². The second-order valence-corrected chi connectivity index (χ2v) is 5.94. The van der Waals surface area contributed by atoms with Crippen LogP contribution in [0.15, 0.2) is 60.7 Å². The van der Waals surface area contributed by atoms with Gasteiger partial charge in [0.1, 0.15) is 11.5 Å². The summed E-state index contributed by atoms with van der Waals surface area (Å²) in [5.41, 5.74) is 4.03. The first-order valence-corrected chi connectivity index (χ1v) is 8.12. The molecule has 126 valence electrons. The molecule has 0 bridgehead atoms.